The van der Waals surface area contributed by atoms with Gasteiger partial charge >= 0.3 is 0 Å². The van der Waals surface area contributed by atoms with Gasteiger partial charge in [-0.3, -0.25) is 9.79 Å². The van der Waals surface area contributed by atoms with Gasteiger partial charge in [-0.05, 0) is 48.9 Å². The predicted octanol–water partition coefficient (Wildman–Crippen LogP) is 2.96. The standard InChI is InChI=1S/C23H31N5O2.HI/c1-4-25-22(29)19-7-5-18(6-8-19)17-26-23(24-2)28-15-13-27(14-16-28)20-9-11-21(30-3)12-10-20;/h5-12H,4,13-17H2,1-3H3,(H,24,26)(H,25,29);1H. The molecule has 7 nitrogen and oxygen atoms in total. The first-order valence-corrected chi connectivity index (χ1v) is 10.4. The number of amides is 1. The van der Waals surface area contributed by atoms with Gasteiger partial charge in [0.05, 0.1) is 7.11 Å². The van der Waals surface area contributed by atoms with Crippen LogP contribution in [0.4, 0.5) is 5.69 Å². The molecule has 168 valence electrons. The Kier molecular flexibility index (Phi) is 9.90. The van der Waals surface area contributed by atoms with Crippen LogP contribution in [0.1, 0.15) is 22.8 Å². The zero-order valence-corrected chi connectivity index (χ0v) is 20.8. The van der Waals surface area contributed by atoms with Crippen molar-refractivity contribution in [2.45, 2.75) is 13.5 Å². The summed E-state index contributed by atoms with van der Waals surface area (Å²) in [4.78, 5) is 21.0. The number of ether oxygens (including phenoxy) is 1. The second-order valence-corrected chi connectivity index (χ2v) is 7.13. The molecule has 1 fully saturated rings. The van der Waals surface area contributed by atoms with E-state index < -0.39 is 0 Å². The van der Waals surface area contributed by atoms with E-state index in [1.165, 1.54) is 5.69 Å². The lowest BCUT2D eigenvalue weighted by atomic mass is 10.1. The third-order valence-electron chi connectivity index (χ3n) is 5.23. The van der Waals surface area contributed by atoms with E-state index >= 15 is 0 Å². The molecule has 2 aromatic rings. The summed E-state index contributed by atoms with van der Waals surface area (Å²) in [7, 11) is 3.50. The van der Waals surface area contributed by atoms with Gasteiger partial charge in [-0.25, -0.2) is 0 Å². The van der Waals surface area contributed by atoms with Gasteiger partial charge in [0.15, 0.2) is 5.96 Å². The minimum absolute atomic E-state index is 0. The minimum atomic E-state index is -0.0393. The third-order valence-corrected chi connectivity index (χ3v) is 5.23. The summed E-state index contributed by atoms with van der Waals surface area (Å²) in [6.07, 6.45) is 0. The van der Waals surface area contributed by atoms with Crippen molar-refractivity contribution in [3.8, 4) is 5.75 Å². The lowest BCUT2D eigenvalue weighted by Crippen LogP contribution is -2.52. The van der Waals surface area contributed by atoms with Crippen LogP contribution < -0.4 is 20.3 Å². The van der Waals surface area contributed by atoms with Gasteiger partial charge in [-0.15, -0.1) is 24.0 Å². The van der Waals surface area contributed by atoms with Gasteiger partial charge in [0, 0.05) is 57.6 Å². The van der Waals surface area contributed by atoms with Gasteiger partial charge < -0.3 is 25.2 Å². The molecule has 2 N–H and O–H groups in total. The van der Waals surface area contributed by atoms with E-state index in [-0.39, 0.29) is 29.9 Å². The van der Waals surface area contributed by atoms with Crippen LogP contribution in [0.25, 0.3) is 0 Å². The van der Waals surface area contributed by atoms with E-state index in [0.717, 1.165) is 43.5 Å². The normalized spacial score (nSPS) is 14.0. The van der Waals surface area contributed by atoms with E-state index in [1.54, 1.807) is 7.11 Å². The van der Waals surface area contributed by atoms with Crippen LogP contribution in [-0.2, 0) is 6.54 Å². The fraction of sp³-hybridized carbons (Fsp3) is 0.391. The van der Waals surface area contributed by atoms with Crippen LogP contribution in [0.2, 0.25) is 0 Å². The number of methoxy groups -OCH3 is 1. The first-order valence-electron chi connectivity index (χ1n) is 10.4. The van der Waals surface area contributed by atoms with Gasteiger partial charge in [0.2, 0.25) is 0 Å². The van der Waals surface area contributed by atoms with Gasteiger partial charge in [-0.2, -0.15) is 0 Å². The molecule has 1 saturated heterocycles. The van der Waals surface area contributed by atoms with Crippen LogP contribution in [0.5, 0.6) is 5.75 Å². The Morgan fingerprint density at radius 3 is 2.19 bits per heavy atom. The maximum Gasteiger partial charge on any atom is 0.251 e. The maximum absolute atomic E-state index is 11.9. The molecule has 3 rings (SSSR count). The molecular formula is C23H32IN5O2. The average Bonchev–Trinajstić information content (AvgIpc) is 2.80. The molecule has 2 aromatic carbocycles. The lowest BCUT2D eigenvalue weighted by molar-refractivity contribution is 0.0956. The van der Waals surface area contributed by atoms with E-state index in [1.807, 2.05) is 50.4 Å². The number of aliphatic imine (C=N–C) groups is 1. The van der Waals surface area contributed by atoms with Crippen LogP contribution in [-0.4, -0.2) is 63.6 Å². The Bertz CT molecular complexity index is 847. The van der Waals surface area contributed by atoms with Crippen molar-refractivity contribution in [2.75, 3.05) is 51.8 Å². The fourth-order valence-electron chi connectivity index (χ4n) is 3.52. The highest BCUT2D eigenvalue weighted by Gasteiger charge is 2.19. The van der Waals surface area contributed by atoms with E-state index in [9.17, 15) is 4.79 Å². The lowest BCUT2D eigenvalue weighted by Gasteiger charge is -2.37. The molecule has 0 aliphatic carbocycles. The molecule has 1 amide bonds. The number of benzene rings is 2. The number of rotatable bonds is 6. The average molecular weight is 537 g/mol. The molecular weight excluding hydrogens is 505 g/mol. The van der Waals surface area contributed by atoms with Crippen molar-refractivity contribution in [3.05, 3.63) is 59.7 Å². The molecule has 1 aliphatic rings. The molecule has 0 aromatic heterocycles. The molecule has 0 unspecified atom stereocenters. The maximum atomic E-state index is 11.9. The summed E-state index contributed by atoms with van der Waals surface area (Å²) in [6, 6.07) is 15.9. The largest absolute Gasteiger partial charge is 0.497 e. The van der Waals surface area contributed by atoms with Crippen molar-refractivity contribution in [2.24, 2.45) is 4.99 Å². The van der Waals surface area contributed by atoms with Crippen LogP contribution >= 0.6 is 24.0 Å². The van der Waals surface area contributed by atoms with Crippen molar-refractivity contribution in [1.29, 1.82) is 0 Å². The summed E-state index contributed by atoms with van der Waals surface area (Å²) in [5.41, 5.74) is 3.01. The summed E-state index contributed by atoms with van der Waals surface area (Å²) in [6.45, 7) is 6.90. The SMILES string of the molecule is CCNC(=O)c1ccc(CNC(=NC)N2CCN(c3ccc(OC)cc3)CC2)cc1.I. The summed E-state index contributed by atoms with van der Waals surface area (Å²) < 4.78 is 5.24. The molecule has 0 spiro atoms. The quantitative estimate of drug-likeness (QED) is 0.337. The number of nitrogens with zero attached hydrogens (tertiary/aromatic N) is 3. The molecule has 0 saturated carbocycles. The van der Waals surface area contributed by atoms with Crippen molar-refractivity contribution in [1.82, 2.24) is 15.5 Å². The zero-order valence-electron chi connectivity index (χ0n) is 18.4. The number of guanidine groups is 1. The zero-order chi connectivity index (χ0) is 21.3. The second kappa shape index (κ2) is 12.4. The Balaban J connectivity index is 0.00000341. The van der Waals surface area contributed by atoms with Crippen molar-refractivity contribution in [3.63, 3.8) is 0 Å². The number of nitrogens with one attached hydrogen (secondary N) is 2. The number of hydrogen-bond donors (Lipinski definition) is 2. The second-order valence-electron chi connectivity index (χ2n) is 7.13. The number of piperazine rings is 1. The van der Waals surface area contributed by atoms with E-state index in [0.29, 0.717) is 18.7 Å². The Labute approximate surface area is 201 Å². The predicted molar refractivity (Wildman–Crippen MR) is 137 cm³/mol. The van der Waals surface area contributed by atoms with Gasteiger partial charge in [-0.1, -0.05) is 12.1 Å². The molecule has 1 aliphatic heterocycles. The summed E-state index contributed by atoms with van der Waals surface area (Å²) in [5, 5.41) is 6.25. The third kappa shape index (κ3) is 6.75. The smallest absolute Gasteiger partial charge is 0.251 e. The Morgan fingerprint density at radius 2 is 1.65 bits per heavy atom. The number of carbonyl (C=O) groups is 1. The Hall–Kier alpha value is -2.49. The molecule has 1 heterocycles. The number of anilines is 1. The summed E-state index contributed by atoms with van der Waals surface area (Å²) in [5.74, 6) is 1.74. The molecule has 31 heavy (non-hydrogen) atoms. The molecule has 0 bridgehead atoms. The first-order chi connectivity index (χ1) is 14.6. The Morgan fingerprint density at radius 1 is 1.00 bits per heavy atom. The van der Waals surface area contributed by atoms with Crippen molar-refractivity contribution >= 4 is 41.5 Å². The monoisotopic (exact) mass is 537 g/mol. The highest BCUT2D eigenvalue weighted by molar-refractivity contribution is 14.0. The molecule has 0 radical (unpaired) electrons. The topological polar surface area (TPSA) is 69.2 Å². The number of carbonyl (C=O) groups excluding carboxylic acids is 1. The summed E-state index contributed by atoms with van der Waals surface area (Å²) >= 11 is 0. The van der Waals surface area contributed by atoms with Gasteiger partial charge in [0.1, 0.15) is 5.75 Å². The van der Waals surface area contributed by atoms with Crippen LogP contribution in [0, 0.1) is 0 Å². The molecule has 0 atom stereocenters. The number of hydrogen-bond acceptors (Lipinski definition) is 4. The number of halogens is 1. The van der Waals surface area contributed by atoms with Crippen LogP contribution in [0.15, 0.2) is 53.5 Å². The van der Waals surface area contributed by atoms with Gasteiger partial charge in [0.25, 0.3) is 5.91 Å². The minimum Gasteiger partial charge on any atom is -0.497 e. The fourth-order valence-corrected chi connectivity index (χ4v) is 3.52. The first kappa shape index (κ1) is 24.8. The van der Waals surface area contributed by atoms with Crippen LogP contribution in [0.3, 0.4) is 0 Å². The highest BCUT2D eigenvalue weighted by atomic mass is 127. The highest BCUT2D eigenvalue weighted by Crippen LogP contribution is 2.20. The molecule has 8 heteroatoms. The van der Waals surface area contributed by atoms with Crippen molar-refractivity contribution < 1.29 is 9.53 Å². The van der Waals surface area contributed by atoms with E-state index in [2.05, 4.69) is 37.6 Å². The van der Waals surface area contributed by atoms with E-state index in [4.69, 9.17) is 4.74 Å².